The Morgan fingerprint density at radius 3 is 2.56 bits per heavy atom. The van der Waals surface area contributed by atoms with Gasteiger partial charge < -0.3 is 10.1 Å². The van der Waals surface area contributed by atoms with Gasteiger partial charge in [0.2, 0.25) is 5.91 Å². The van der Waals surface area contributed by atoms with Gasteiger partial charge in [-0.1, -0.05) is 26.7 Å². The Morgan fingerprint density at radius 2 is 2.11 bits per heavy atom. The SMILES string of the molecule is CCCC(C#N)(CCC)NC(=O)C[C@H]1CCCO1. The number of carbonyl (C=O) groups is 1. The number of nitrogens with zero attached hydrogens (tertiary/aromatic N) is 1. The molecule has 0 aromatic rings. The first-order chi connectivity index (χ1) is 8.65. The molecule has 1 heterocycles. The predicted molar refractivity (Wildman–Crippen MR) is 69.9 cm³/mol. The molecule has 1 saturated heterocycles. The van der Waals surface area contributed by atoms with E-state index < -0.39 is 5.54 Å². The number of amides is 1. The van der Waals surface area contributed by atoms with Crippen LogP contribution in [0.25, 0.3) is 0 Å². The van der Waals surface area contributed by atoms with E-state index in [9.17, 15) is 10.1 Å². The van der Waals surface area contributed by atoms with E-state index in [1.807, 2.05) is 13.8 Å². The van der Waals surface area contributed by atoms with E-state index in [-0.39, 0.29) is 12.0 Å². The molecule has 4 nitrogen and oxygen atoms in total. The summed E-state index contributed by atoms with van der Waals surface area (Å²) in [6.45, 7) is 4.83. The molecule has 1 rings (SSSR count). The van der Waals surface area contributed by atoms with Crippen molar-refractivity contribution in [3.63, 3.8) is 0 Å². The number of ether oxygens (including phenoxy) is 1. The summed E-state index contributed by atoms with van der Waals surface area (Å²) in [5.41, 5.74) is -0.681. The smallest absolute Gasteiger partial charge is 0.223 e. The van der Waals surface area contributed by atoms with Crippen molar-refractivity contribution in [1.82, 2.24) is 5.32 Å². The highest BCUT2D eigenvalue weighted by Crippen LogP contribution is 2.20. The summed E-state index contributed by atoms with van der Waals surface area (Å²) in [4.78, 5) is 12.0. The highest BCUT2D eigenvalue weighted by atomic mass is 16.5. The second kappa shape index (κ2) is 7.38. The fraction of sp³-hybridized carbons (Fsp3) is 0.857. The van der Waals surface area contributed by atoms with Crippen molar-refractivity contribution in [2.75, 3.05) is 6.61 Å². The Labute approximate surface area is 110 Å². The largest absolute Gasteiger partial charge is 0.378 e. The van der Waals surface area contributed by atoms with Crippen LogP contribution in [0.1, 0.15) is 58.8 Å². The van der Waals surface area contributed by atoms with Gasteiger partial charge in [-0.2, -0.15) is 5.26 Å². The van der Waals surface area contributed by atoms with E-state index in [1.165, 1.54) is 0 Å². The van der Waals surface area contributed by atoms with Gasteiger partial charge in [-0.25, -0.2) is 0 Å². The number of nitrogens with one attached hydrogen (secondary N) is 1. The Kier molecular flexibility index (Phi) is 6.14. The third-order valence-electron chi connectivity index (χ3n) is 3.38. The number of carbonyl (C=O) groups excluding carboxylic acids is 1. The minimum Gasteiger partial charge on any atom is -0.378 e. The van der Waals surface area contributed by atoms with Gasteiger partial charge in [-0.15, -0.1) is 0 Å². The van der Waals surface area contributed by atoms with Crippen LogP contribution in [-0.4, -0.2) is 24.2 Å². The van der Waals surface area contributed by atoms with Crippen molar-refractivity contribution in [3.8, 4) is 6.07 Å². The maximum absolute atomic E-state index is 12.0. The summed E-state index contributed by atoms with van der Waals surface area (Å²) in [5, 5.41) is 12.3. The van der Waals surface area contributed by atoms with Gasteiger partial charge in [0, 0.05) is 6.61 Å². The molecule has 1 atom stereocenters. The standard InChI is InChI=1S/C14H24N2O2/c1-3-7-14(11-15,8-4-2)16-13(17)10-12-6-5-9-18-12/h12H,3-10H2,1-2H3,(H,16,17)/t12-/m1/s1. The van der Waals surface area contributed by atoms with Gasteiger partial charge in [0.25, 0.3) is 0 Å². The molecule has 0 saturated carbocycles. The molecule has 0 aromatic heterocycles. The molecule has 4 heteroatoms. The van der Waals surface area contributed by atoms with Crippen LogP contribution in [0, 0.1) is 11.3 Å². The molecule has 1 amide bonds. The molecule has 102 valence electrons. The fourth-order valence-electron chi connectivity index (χ4n) is 2.57. The lowest BCUT2D eigenvalue weighted by Gasteiger charge is -2.27. The van der Waals surface area contributed by atoms with Crippen LogP contribution in [0.4, 0.5) is 0 Å². The van der Waals surface area contributed by atoms with Gasteiger partial charge in [-0.3, -0.25) is 4.79 Å². The van der Waals surface area contributed by atoms with Gasteiger partial charge in [0.1, 0.15) is 5.54 Å². The van der Waals surface area contributed by atoms with Crippen LogP contribution in [0.5, 0.6) is 0 Å². The average Bonchev–Trinajstić information content (AvgIpc) is 2.82. The Balaban J connectivity index is 2.53. The number of hydrogen-bond acceptors (Lipinski definition) is 3. The van der Waals surface area contributed by atoms with Crippen LogP contribution in [0.2, 0.25) is 0 Å². The number of rotatable bonds is 7. The normalized spacial score (nSPS) is 19.5. The summed E-state index contributed by atoms with van der Waals surface area (Å²) < 4.78 is 5.45. The van der Waals surface area contributed by atoms with Crippen molar-refractivity contribution >= 4 is 5.91 Å². The molecule has 1 N–H and O–H groups in total. The molecule has 0 unspecified atom stereocenters. The van der Waals surface area contributed by atoms with Crippen molar-refractivity contribution < 1.29 is 9.53 Å². The predicted octanol–water partition coefficient (Wildman–Crippen LogP) is 2.53. The van der Waals surface area contributed by atoms with Crippen molar-refractivity contribution in [2.24, 2.45) is 0 Å². The molecule has 1 fully saturated rings. The molecular formula is C14H24N2O2. The lowest BCUT2D eigenvalue weighted by molar-refractivity contribution is -0.124. The van der Waals surface area contributed by atoms with E-state index in [0.29, 0.717) is 19.3 Å². The number of nitriles is 1. The highest BCUT2D eigenvalue weighted by Gasteiger charge is 2.31. The molecule has 18 heavy (non-hydrogen) atoms. The first-order valence-corrected chi connectivity index (χ1v) is 6.99. The second-order valence-electron chi connectivity index (χ2n) is 5.08. The molecule has 0 aliphatic carbocycles. The Bertz CT molecular complexity index is 297. The van der Waals surface area contributed by atoms with E-state index in [2.05, 4.69) is 11.4 Å². The summed E-state index contributed by atoms with van der Waals surface area (Å²) in [5.74, 6) is -0.0506. The molecule has 0 spiro atoms. The number of hydrogen-bond donors (Lipinski definition) is 1. The maximum Gasteiger partial charge on any atom is 0.223 e. The van der Waals surface area contributed by atoms with Gasteiger partial charge in [0.05, 0.1) is 18.6 Å². The maximum atomic E-state index is 12.0. The topological polar surface area (TPSA) is 62.1 Å². The van der Waals surface area contributed by atoms with Crippen LogP contribution in [-0.2, 0) is 9.53 Å². The van der Waals surface area contributed by atoms with Crippen LogP contribution >= 0.6 is 0 Å². The van der Waals surface area contributed by atoms with E-state index in [1.54, 1.807) is 0 Å². The summed E-state index contributed by atoms with van der Waals surface area (Å²) in [6.07, 6.45) is 5.64. The zero-order chi connectivity index (χ0) is 13.4. The summed E-state index contributed by atoms with van der Waals surface area (Å²) in [7, 11) is 0. The highest BCUT2D eigenvalue weighted by molar-refractivity contribution is 5.77. The molecule has 0 radical (unpaired) electrons. The third-order valence-corrected chi connectivity index (χ3v) is 3.38. The lowest BCUT2D eigenvalue weighted by atomic mass is 9.90. The van der Waals surface area contributed by atoms with E-state index in [0.717, 1.165) is 32.3 Å². The van der Waals surface area contributed by atoms with Crippen molar-refractivity contribution in [2.45, 2.75) is 70.4 Å². The minimum absolute atomic E-state index is 0.0460. The third kappa shape index (κ3) is 4.30. The van der Waals surface area contributed by atoms with E-state index in [4.69, 9.17) is 4.74 Å². The van der Waals surface area contributed by atoms with E-state index >= 15 is 0 Å². The zero-order valence-electron chi connectivity index (χ0n) is 11.5. The molecule has 0 bridgehead atoms. The molecule has 1 aliphatic rings. The van der Waals surface area contributed by atoms with Crippen LogP contribution < -0.4 is 5.32 Å². The molecule has 0 aromatic carbocycles. The second-order valence-corrected chi connectivity index (χ2v) is 5.08. The first-order valence-electron chi connectivity index (χ1n) is 6.99. The zero-order valence-corrected chi connectivity index (χ0v) is 11.5. The molecule has 1 aliphatic heterocycles. The van der Waals surface area contributed by atoms with Crippen LogP contribution in [0.15, 0.2) is 0 Å². The Morgan fingerprint density at radius 1 is 1.44 bits per heavy atom. The summed E-state index contributed by atoms with van der Waals surface area (Å²) >= 11 is 0. The van der Waals surface area contributed by atoms with Gasteiger partial charge in [0.15, 0.2) is 0 Å². The van der Waals surface area contributed by atoms with Crippen LogP contribution in [0.3, 0.4) is 0 Å². The fourth-order valence-corrected chi connectivity index (χ4v) is 2.57. The average molecular weight is 252 g/mol. The first kappa shape index (κ1) is 15.0. The van der Waals surface area contributed by atoms with Gasteiger partial charge in [-0.05, 0) is 25.7 Å². The van der Waals surface area contributed by atoms with Crippen molar-refractivity contribution in [3.05, 3.63) is 0 Å². The van der Waals surface area contributed by atoms with Gasteiger partial charge >= 0.3 is 0 Å². The quantitative estimate of drug-likeness (QED) is 0.757. The minimum atomic E-state index is -0.681. The molecular weight excluding hydrogens is 228 g/mol. The van der Waals surface area contributed by atoms with Crippen molar-refractivity contribution in [1.29, 1.82) is 5.26 Å². The monoisotopic (exact) mass is 252 g/mol. The Hall–Kier alpha value is -1.08. The lowest BCUT2D eigenvalue weighted by Crippen LogP contribution is -2.48. The summed E-state index contributed by atoms with van der Waals surface area (Å²) in [6, 6.07) is 2.30.